The quantitative estimate of drug-likeness (QED) is 0.902. The third kappa shape index (κ3) is 2.76. The Morgan fingerprint density at radius 2 is 2.05 bits per heavy atom. The molecule has 21 heavy (non-hydrogen) atoms. The third-order valence-corrected chi connectivity index (χ3v) is 5.58. The molecule has 1 aromatic rings. The molecule has 2 fully saturated rings. The summed E-state index contributed by atoms with van der Waals surface area (Å²) in [7, 11) is 2.32. The minimum atomic E-state index is 0.757. The lowest BCUT2D eigenvalue weighted by atomic mass is 10.2. The van der Waals surface area contributed by atoms with E-state index in [1.165, 1.54) is 62.3 Å². The summed E-state index contributed by atoms with van der Waals surface area (Å²) in [6.07, 6.45) is 9.50. The standard InChI is InChI=1S/C17H28N4/c1-20(14-4-2-3-5-14)10-11-21-16-8-9-18-12-15(16)19-17(21)13-6-7-13/h13-14,18H,2-12H2,1H3. The number of hydrogen-bond acceptors (Lipinski definition) is 3. The summed E-state index contributed by atoms with van der Waals surface area (Å²) in [6.45, 7) is 4.41. The van der Waals surface area contributed by atoms with Crippen molar-refractivity contribution in [3.63, 3.8) is 0 Å². The molecule has 4 heteroatoms. The fourth-order valence-corrected chi connectivity index (χ4v) is 4.08. The molecule has 0 amide bonds. The SMILES string of the molecule is CN(CCn1c(C2CC2)nc2c1CCNC2)C1CCCC1. The molecule has 2 aliphatic carbocycles. The molecule has 0 aromatic carbocycles. The molecule has 4 rings (SSSR count). The monoisotopic (exact) mass is 288 g/mol. The van der Waals surface area contributed by atoms with Crippen molar-refractivity contribution in [2.45, 2.75) is 70.0 Å². The Morgan fingerprint density at radius 3 is 2.81 bits per heavy atom. The Bertz CT molecular complexity index is 497. The zero-order chi connectivity index (χ0) is 14.2. The first-order valence-electron chi connectivity index (χ1n) is 8.82. The first-order chi connectivity index (χ1) is 10.3. The molecule has 1 aliphatic heterocycles. The van der Waals surface area contributed by atoms with Gasteiger partial charge in [-0.3, -0.25) is 0 Å². The van der Waals surface area contributed by atoms with Gasteiger partial charge in [0.05, 0.1) is 5.69 Å². The second kappa shape index (κ2) is 5.73. The van der Waals surface area contributed by atoms with Crippen LogP contribution in [0.1, 0.15) is 61.7 Å². The number of nitrogens with one attached hydrogen (secondary N) is 1. The van der Waals surface area contributed by atoms with Crippen molar-refractivity contribution in [2.75, 3.05) is 20.1 Å². The second-order valence-corrected chi connectivity index (χ2v) is 7.13. The molecule has 3 aliphatic rings. The van der Waals surface area contributed by atoms with E-state index in [-0.39, 0.29) is 0 Å². The van der Waals surface area contributed by atoms with Crippen molar-refractivity contribution in [3.05, 3.63) is 17.2 Å². The molecule has 4 nitrogen and oxygen atoms in total. The van der Waals surface area contributed by atoms with Gasteiger partial charge in [-0.2, -0.15) is 0 Å². The Morgan fingerprint density at radius 1 is 1.24 bits per heavy atom. The minimum Gasteiger partial charge on any atom is -0.330 e. The molecule has 0 bridgehead atoms. The van der Waals surface area contributed by atoms with Crippen LogP contribution in [0.3, 0.4) is 0 Å². The lowest BCUT2D eigenvalue weighted by molar-refractivity contribution is 0.234. The summed E-state index contributed by atoms with van der Waals surface area (Å²) in [6, 6.07) is 0.829. The number of rotatable bonds is 5. The van der Waals surface area contributed by atoms with Gasteiger partial charge in [0.1, 0.15) is 5.82 Å². The zero-order valence-corrected chi connectivity index (χ0v) is 13.3. The molecule has 0 atom stereocenters. The Hall–Kier alpha value is -0.870. The molecule has 2 saturated carbocycles. The number of nitrogens with zero attached hydrogens (tertiary/aromatic N) is 3. The maximum Gasteiger partial charge on any atom is 0.112 e. The van der Waals surface area contributed by atoms with Crippen LogP contribution < -0.4 is 5.32 Å². The van der Waals surface area contributed by atoms with Crippen molar-refractivity contribution in [1.82, 2.24) is 19.8 Å². The zero-order valence-electron chi connectivity index (χ0n) is 13.3. The van der Waals surface area contributed by atoms with E-state index in [4.69, 9.17) is 4.98 Å². The van der Waals surface area contributed by atoms with Crippen LogP contribution in [0.4, 0.5) is 0 Å². The lowest BCUT2D eigenvalue weighted by Gasteiger charge is -2.25. The maximum atomic E-state index is 4.97. The van der Waals surface area contributed by atoms with E-state index in [9.17, 15) is 0 Å². The van der Waals surface area contributed by atoms with E-state index in [1.807, 2.05) is 0 Å². The van der Waals surface area contributed by atoms with Gasteiger partial charge >= 0.3 is 0 Å². The van der Waals surface area contributed by atoms with Crippen LogP contribution in [0.5, 0.6) is 0 Å². The van der Waals surface area contributed by atoms with Crippen molar-refractivity contribution in [1.29, 1.82) is 0 Å². The highest BCUT2D eigenvalue weighted by atomic mass is 15.2. The van der Waals surface area contributed by atoms with Gasteiger partial charge in [-0.05, 0) is 32.7 Å². The molecular weight excluding hydrogens is 260 g/mol. The van der Waals surface area contributed by atoms with Gasteiger partial charge in [-0.1, -0.05) is 12.8 Å². The molecule has 1 N–H and O–H groups in total. The highest BCUT2D eigenvalue weighted by Gasteiger charge is 2.32. The lowest BCUT2D eigenvalue weighted by Crippen LogP contribution is -2.33. The van der Waals surface area contributed by atoms with Gasteiger partial charge < -0.3 is 14.8 Å². The van der Waals surface area contributed by atoms with Gasteiger partial charge in [-0.15, -0.1) is 0 Å². The molecule has 2 heterocycles. The van der Waals surface area contributed by atoms with Crippen LogP contribution in [0, 0.1) is 0 Å². The second-order valence-electron chi connectivity index (χ2n) is 7.13. The topological polar surface area (TPSA) is 33.1 Å². The van der Waals surface area contributed by atoms with E-state index in [1.54, 1.807) is 0 Å². The van der Waals surface area contributed by atoms with Crippen LogP contribution in [0.25, 0.3) is 0 Å². The maximum absolute atomic E-state index is 4.97. The van der Waals surface area contributed by atoms with Crippen LogP contribution >= 0.6 is 0 Å². The first-order valence-corrected chi connectivity index (χ1v) is 8.82. The van der Waals surface area contributed by atoms with Crippen LogP contribution in [-0.2, 0) is 19.5 Å². The predicted octanol–water partition coefficient (Wildman–Crippen LogP) is 2.28. The van der Waals surface area contributed by atoms with Crippen molar-refractivity contribution in [2.24, 2.45) is 0 Å². The fraction of sp³-hybridized carbons (Fsp3) is 0.824. The molecule has 116 valence electrons. The average Bonchev–Trinajstić information content (AvgIpc) is 3.08. The van der Waals surface area contributed by atoms with Crippen LogP contribution in [0.2, 0.25) is 0 Å². The van der Waals surface area contributed by atoms with E-state index in [0.29, 0.717) is 0 Å². The van der Waals surface area contributed by atoms with Gasteiger partial charge in [-0.25, -0.2) is 4.98 Å². The van der Waals surface area contributed by atoms with Crippen LogP contribution in [0.15, 0.2) is 0 Å². The molecular formula is C17H28N4. The first kappa shape index (κ1) is 13.8. The molecule has 0 unspecified atom stereocenters. The van der Waals surface area contributed by atoms with Crippen molar-refractivity contribution in [3.8, 4) is 0 Å². The third-order valence-electron chi connectivity index (χ3n) is 5.58. The number of hydrogen-bond donors (Lipinski definition) is 1. The molecule has 1 aromatic heterocycles. The summed E-state index contributed by atoms with van der Waals surface area (Å²) < 4.78 is 2.58. The summed E-state index contributed by atoms with van der Waals surface area (Å²) in [5, 5.41) is 3.46. The number of aromatic nitrogens is 2. The van der Waals surface area contributed by atoms with Crippen molar-refractivity contribution < 1.29 is 0 Å². The summed E-state index contributed by atoms with van der Waals surface area (Å²) in [5.41, 5.74) is 2.85. The number of imidazole rings is 1. The smallest absolute Gasteiger partial charge is 0.112 e. The van der Waals surface area contributed by atoms with Crippen molar-refractivity contribution >= 4 is 0 Å². The highest BCUT2D eigenvalue weighted by Crippen LogP contribution is 2.40. The predicted molar refractivity (Wildman–Crippen MR) is 84.5 cm³/mol. The van der Waals surface area contributed by atoms with Gasteiger partial charge in [0, 0.05) is 50.3 Å². The minimum absolute atomic E-state index is 0.757. The van der Waals surface area contributed by atoms with E-state index >= 15 is 0 Å². The summed E-state index contributed by atoms with van der Waals surface area (Å²) in [5.74, 6) is 2.15. The molecule has 0 radical (unpaired) electrons. The number of fused-ring (bicyclic) bond motifs is 1. The highest BCUT2D eigenvalue weighted by molar-refractivity contribution is 5.24. The van der Waals surface area contributed by atoms with E-state index in [2.05, 4.69) is 21.8 Å². The van der Waals surface area contributed by atoms with Gasteiger partial charge in [0.25, 0.3) is 0 Å². The van der Waals surface area contributed by atoms with Gasteiger partial charge in [0.15, 0.2) is 0 Å². The Balaban J connectivity index is 1.49. The Labute approximate surface area is 127 Å². The normalized spacial score (nSPS) is 23.0. The summed E-state index contributed by atoms with van der Waals surface area (Å²) >= 11 is 0. The Kier molecular flexibility index (Phi) is 3.76. The molecule has 0 spiro atoms. The number of likely N-dealkylation sites (N-methyl/N-ethyl adjacent to an activating group) is 1. The largest absolute Gasteiger partial charge is 0.330 e. The van der Waals surface area contributed by atoms with Gasteiger partial charge in [0.2, 0.25) is 0 Å². The molecule has 0 saturated heterocycles. The summed E-state index contributed by atoms with van der Waals surface area (Å²) in [4.78, 5) is 7.56. The van der Waals surface area contributed by atoms with Crippen LogP contribution in [-0.4, -0.2) is 40.6 Å². The van der Waals surface area contributed by atoms with E-state index < -0.39 is 0 Å². The van der Waals surface area contributed by atoms with E-state index in [0.717, 1.165) is 38.0 Å². The fourth-order valence-electron chi connectivity index (χ4n) is 4.08. The average molecular weight is 288 g/mol.